The molecule has 0 bridgehead atoms. The first-order valence-electron chi connectivity index (χ1n) is 20.2. The van der Waals surface area contributed by atoms with Crippen molar-refractivity contribution in [2.45, 2.75) is 121 Å². The summed E-state index contributed by atoms with van der Waals surface area (Å²) in [5.74, 6) is -0.555. The predicted octanol–water partition coefficient (Wildman–Crippen LogP) is 6.27. The second-order valence-corrected chi connectivity index (χ2v) is 17.1. The van der Waals surface area contributed by atoms with Gasteiger partial charge in [-0.15, -0.1) is 0 Å². The number of benzene rings is 2. The molecule has 312 valence electrons. The predicted molar refractivity (Wildman–Crippen MR) is 219 cm³/mol. The zero-order valence-corrected chi connectivity index (χ0v) is 34.3. The number of carbonyl (C=O) groups excluding carboxylic acids is 4. The summed E-state index contributed by atoms with van der Waals surface area (Å²) in [5.41, 5.74) is -1.28. The van der Waals surface area contributed by atoms with E-state index in [1.165, 1.54) is 11.0 Å². The molecule has 6 rings (SSSR count). The summed E-state index contributed by atoms with van der Waals surface area (Å²) in [6, 6.07) is 12.0. The van der Waals surface area contributed by atoms with Crippen molar-refractivity contribution in [1.82, 2.24) is 20.0 Å². The fraction of sp³-hybridized carbons (Fsp3) is 0.571. The molecule has 1 unspecified atom stereocenters. The van der Waals surface area contributed by atoms with Gasteiger partial charge < -0.3 is 20.4 Å². The van der Waals surface area contributed by atoms with Gasteiger partial charge in [-0.1, -0.05) is 18.9 Å². The number of anilines is 3. The minimum absolute atomic E-state index is 0.00156. The van der Waals surface area contributed by atoms with Gasteiger partial charge in [0.25, 0.3) is 5.91 Å². The topological polar surface area (TPSA) is 141 Å². The SMILES string of the molecule is C[C@@H]1CN(CCCCC2CCC(N3C(=S)N(c4ccc(C#N)c(C(F)(F)F)c4)C(=O)C3(C)C)CC2)C[C@H](C)N1CC(=O)Nc1cccc(NC2CCC(=O)NC2=O)c1. The van der Waals surface area contributed by atoms with Crippen LogP contribution in [0.4, 0.5) is 30.2 Å². The number of halogens is 3. The lowest BCUT2D eigenvalue weighted by molar-refractivity contribution is -0.138. The van der Waals surface area contributed by atoms with E-state index in [9.17, 15) is 37.6 Å². The van der Waals surface area contributed by atoms with E-state index < -0.39 is 28.9 Å². The maximum Gasteiger partial charge on any atom is 0.417 e. The number of nitriles is 1. The number of imide groups is 1. The zero-order chi connectivity index (χ0) is 41.9. The maximum absolute atomic E-state index is 13.7. The Morgan fingerprint density at radius 2 is 1.67 bits per heavy atom. The Labute approximate surface area is 343 Å². The Morgan fingerprint density at radius 3 is 2.33 bits per heavy atom. The molecule has 0 radical (unpaired) electrons. The second kappa shape index (κ2) is 17.7. The molecule has 0 spiro atoms. The van der Waals surface area contributed by atoms with Crippen molar-refractivity contribution >= 4 is 58.0 Å². The second-order valence-electron chi connectivity index (χ2n) is 16.8. The molecule has 3 atom stereocenters. The Hall–Kier alpha value is -4.59. The summed E-state index contributed by atoms with van der Waals surface area (Å²) in [4.78, 5) is 58.2. The van der Waals surface area contributed by atoms with Crippen LogP contribution in [0, 0.1) is 17.2 Å². The number of amides is 4. The number of carbonyl (C=O) groups is 4. The lowest BCUT2D eigenvalue weighted by atomic mass is 9.81. The van der Waals surface area contributed by atoms with Crippen LogP contribution in [-0.2, 0) is 25.4 Å². The number of piperazine rings is 1. The maximum atomic E-state index is 13.7. The van der Waals surface area contributed by atoms with Gasteiger partial charge in [-0.2, -0.15) is 18.4 Å². The standard InChI is InChI=1S/C42H53F3N8O4S/c1-26-23-50(24-27(2)51(26)25-37(55)48-31-10-7-9-30(20-31)47-35-17-18-36(54)49-38(35)56)19-6-5-8-28-11-14-32(15-12-28)53-40(58)52(39(57)41(53,3)4)33-16-13-29(22-46)34(21-33)42(43,44)45/h7,9-10,13,16,20-21,26-28,32,35,47H,5-6,8,11-12,14-15,17-19,23-25H2,1-4H3,(H,48,55)(H,49,54,56)/t26-,27+,28?,32?,35?. The molecule has 58 heavy (non-hydrogen) atoms. The summed E-state index contributed by atoms with van der Waals surface area (Å²) < 4.78 is 41.2. The molecule has 4 aliphatic rings. The van der Waals surface area contributed by atoms with Crippen molar-refractivity contribution in [2.75, 3.05) is 41.7 Å². The molecule has 4 fully saturated rings. The van der Waals surface area contributed by atoms with Crippen LogP contribution in [-0.4, -0.2) is 99.3 Å². The lowest BCUT2D eigenvalue weighted by Gasteiger charge is -2.44. The van der Waals surface area contributed by atoms with Crippen molar-refractivity contribution in [3.05, 3.63) is 53.6 Å². The summed E-state index contributed by atoms with van der Waals surface area (Å²) in [6.07, 6.45) is 2.86. The Kier molecular flexibility index (Phi) is 13.1. The third kappa shape index (κ3) is 9.64. The van der Waals surface area contributed by atoms with Crippen LogP contribution in [0.25, 0.3) is 0 Å². The van der Waals surface area contributed by atoms with Crippen molar-refractivity contribution in [2.24, 2.45) is 5.92 Å². The van der Waals surface area contributed by atoms with Crippen LogP contribution in [0.2, 0.25) is 0 Å². The van der Waals surface area contributed by atoms with Gasteiger partial charge >= 0.3 is 6.18 Å². The molecule has 12 nitrogen and oxygen atoms in total. The summed E-state index contributed by atoms with van der Waals surface area (Å²) in [7, 11) is 0. The highest BCUT2D eigenvalue weighted by atomic mass is 32.1. The molecule has 3 saturated heterocycles. The van der Waals surface area contributed by atoms with Crippen LogP contribution >= 0.6 is 12.2 Å². The molecular formula is C42H53F3N8O4S. The number of hydrogen-bond donors (Lipinski definition) is 3. The van der Waals surface area contributed by atoms with Gasteiger partial charge in [0.05, 0.1) is 29.4 Å². The molecule has 3 heterocycles. The number of nitrogens with one attached hydrogen (secondary N) is 3. The van der Waals surface area contributed by atoms with E-state index in [1.807, 2.05) is 23.1 Å². The molecule has 2 aromatic rings. The number of alkyl halides is 3. The molecule has 4 amide bonds. The number of hydrogen-bond acceptors (Lipinski definition) is 9. The first kappa shape index (κ1) is 43.0. The molecule has 3 aliphatic heterocycles. The molecule has 2 aromatic carbocycles. The molecule has 1 saturated carbocycles. The van der Waals surface area contributed by atoms with E-state index in [0.29, 0.717) is 23.7 Å². The summed E-state index contributed by atoms with van der Waals surface area (Å²) >= 11 is 5.77. The number of rotatable bonds is 12. The van der Waals surface area contributed by atoms with E-state index in [2.05, 4.69) is 39.6 Å². The van der Waals surface area contributed by atoms with E-state index in [0.717, 1.165) is 76.7 Å². The van der Waals surface area contributed by atoms with E-state index >= 15 is 0 Å². The van der Waals surface area contributed by atoms with Gasteiger partial charge in [-0.3, -0.25) is 34.3 Å². The van der Waals surface area contributed by atoms with Crippen molar-refractivity contribution in [1.29, 1.82) is 5.26 Å². The average Bonchev–Trinajstić information content (AvgIpc) is 3.34. The highest BCUT2D eigenvalue weighted by molar-refractivity contribution is 7.80. The van der Waals surface area contributed by atoms with Gasteiger partial charge in [0.1, 0.15) is 11.6 Å². The van der Waals surface area contributed by atoms with Gasteiger partial charge in [0.2, 0.25) is 17.7 Å². The van der Waals surface area contributed by atoms with Crippen LogP contribution in [0.3, 0.4) is 0 Å². The van der Waals surface area contributed by atoms with Gasteiger partial charge in [0, 0.05) is 49.0 Å². The summed E-state index contributed by atoms with van der Waals surface area (Å²) in [5, 5.41) is 17.9. The Morgan fingerprint density at radius 1 is 0.983 bits per heavy atom. The van der Waals surface area contributed by atoms with Crippen molar-refractivity contribution in [3.8, 4) is 6.07 Å². The highest BCUT2D eigenvalue weighted by Crippen LogP contribution is 2.41. The van der Waals surface area contributed by atoms with E-state index in [-0.39, 0.29) is 65.5 Å². The fourth-order valence-corrected chi connectivity index (χ4v) is 9.73. The molecule has 1 aliphatic carbocycles. The molecule has 16 heteroatoms. The van der Waals surface area contributed by atoms with Crippen LogP contribution in [0.5, 0.6) is 0 Å². The Balaban J connectivity index is 0.919. The van der Waals surface area contributed by atoms with Gasteiger partial charge in [0.15, 0.2) is 5.11 Å². The number of nitrogens with zero attached hydrogens (tertiary/aromatic N) is 5. The van der Waals surface area contributed by atoms with Gasteiger partial charge in [-0.25, -0.2) is 0 Å². The third-order valence-corrected chi connectivity index (χ3v) is 12.5. The minimum atomic E-state index is -4.75. The van der Waals surface area contributed by atoms with Crippen LogP contribution in [0.15, 0.2) is 42.5 Å². The quantitative estimate of drug-likeness (QED) is 0.128. The largest absolute Gasteiger partial charge is 0.417 e. The van der Waals surface area contributed by atoms with Crippen molar-refractivity contribution < 1.29 is 32.3 Å². The van der Waals surface area contributed by atoms with E-state index in [4.69, 9.17) is 12.2 Å². The molecular weight excluding hydrogens is 770 g/mol. The smallest absolute Gasteiger partial charge is 0.374 e. The number of unbranched alkanes of at least 4 members (excludes halogenated alkanes) is 1. The first-order valence-corrected chi connectivity index (χ1v) is 20.6. The normalized spacial score (nSPS) is 25.7. The number of piperidine rings is 1. The van der Waals surface area contributed by atoms with Gasteiger partial charge in [-0.05, 0) is 127 Å². The number of thiocarbonyl (C=S) groups is 1. The third-order valence-electron chi connectivity index (χ3n) is 12.2. The monoisotopic (exact) mass is 822 g/mol. The Bertz CT molecular complexity index is 1930. The fourth-order valence-electron chi connectivity index (χ4n) is 9.16. The van der Waals surface area contributed by atoms with Crippen LogP contribution in [0.1, 0.15) is 96.6 Å². The molecule has 0 aromatic heterocycles. The first-order chi connectivity index (χ1) is 27.5. The van der Waals surface area contributed by atoms with Crippen molar-refractivity contribution in [3.63, 3.8) is 0 Å². The zero-order valence-electron chi connectivity index (χ0n) is 33.5. The highest BCUT2D eigenvalue weighted by Gasteiger charge is 2.52. The average molecular weight is 823 g/mol. The lowest BCUT2D eigenvalue weighted by Crippen LogP contribution is -2.58. The van der Waals surface area contributed by atoms with E-state index in [1.54, 1.807) is 26.0 Å². The van der Waals surface area contributed by atoms with Crippen LogP contribution < -0.4 is 20.9 Å². The minimum Gasteiger partial charge on any atom is -0.374 e. The summed E-state index contributed by atoms with van der Waals surface area (Å²) in [6.45, 7) is 10.8. The molecule has 3 N–H and O–H groups in total.